The minimum atomic E-state index is -0.288. The monoisotopic (exact) mass is 510 g/mol. The lowest BCUT2D eigenvalue weighted by molar-refractivity contribution is 0.196. The van der Waals surface area contributed by atoms with E-state index < -0.39 is 0 Å². The molecule has 6 nitrogen and oxygen atoms in total. The van der Waals surface area contributed by atoms with E-state index in [1.165, 1.54) is 17.5 Å². The van der Waals surface area contributed by atoms with Crippen LogP contribution in [0.2, 0.25) is 0 Å². The molecule has 0 aromatic heterocycles. The molecule has 2 amide bonds. The molecular weight excluding hydrogens is 471 g/mol. The van der Waals surface area contributed by atoms with Gasteiger partial charge in [0.1, 0.15) is 18.2 Å². The first-order valence-electron chi connectivity index (χ1n) is 13.5. The van der Waals surface area contributed by atoms with E-state index in [-0.39, 0.29) is 43.6 Å². The van der Waals surface area contributed by atoms with Crippen molar-refractivity contribution >= 4 is 17.8 Å². The lowest BCUT2D eigenvalue weighted by Crippen LogP contribution is -2.40. The second kappa shape index (κ2) is 13.1. The van der Waals surface area contributed by atoms with Gasteiger partial charge in [-0.1, -0.05) is 43.7 Å². The average Bonchev–Trinajstić information content (AvgIpc) is 2.89. The number of urea groups is 1. The van der Waals surface area contributed by atoms with Crippen LogP contribution >= 0.6 is 0 Å². The number of para-hydroxylation sites is 1. The third-order valence-corrected chi connectivity index (χ3v) is 7.61. The van der Waals surface area contributed by atoms with Crippen molar-refractivity contribution in [3.05, 3.63) is 64.5 Å². The molecule has 0 spiro atoms. The van der Waals surface area contributed by atoms with E-state index in [1.54, 1.807) is 24.3 Å². The smallest absolute Gasteiger partial charge is 0.319 e. The fourth-order valence-electron chi connectivity index (χ4n) is 5.63. The Morgan fingerprint density at radius 1 is 1.14 bits per heavy atom. The molecule has 1 unspecified atom stereocenters. The summed E-state index contributed by atoms with van der Waals surface area (Å²) in [7, 11) is 0. The molecule has 1 atom stereocenters. The quantitative estimate of drug-likeness (QED) is 0.312. The molecule has 2 aliphatic carbocycles. The summed E-state index contributed by atoms with van der Waals surface area (Å²) >= 11 is 0. The molecule has 0 heterocycles. The van der Waals surface area contributed by atoms with Gasteiger partial charge >= 0.3 is 6.03 Å². The van der Waals surface area contributed by atoms with E-state index in [1.807, 2.05) is 0 Å². The number of nitrogens with one attached hydrogen (secondary N) is 2. The van der Waals surface area contributed by atoms with Crippen LogP contribution in [0, 0.1) is 5.92 Å². The summed E-state index contributed by atoms with van der Waals surface area (Å²) in [6.45, 7) is 1.81. The van der Waals surface area contributed by atoms with E-state index >= 15 is 0 Å². The summed E-state index contributed by atoms with van der Waals surface area (Å²) < 4.78 is 19.3. The van der Waals surface area contributed by atoms with Gasteiger partial charge in [0.2, 0.25) is 0 Å². The van der Waals surface area contributed by atoms with Gasteiger partial charge in [-0.05, 0) is 79.2 Å². The Morgan fingerprint density at radius 3 is 2.70 bits per heavy atom. The minimum Gasteiger partial charge on any atom is -0.489 e. The van der Waals surface area contributed by atoms with Crippen LogP contribution in [0.25, 0.3) is 6.08 Å². The van der Waals surface area contributed by atoms with Crippen LogP contribution in [0.15, 0.2) is 42.2 Å². The van der Waals surface area contributed by atoms with Crippen LogP contribution < -0.4 is 15.4 Å². The molecule has 200 valence electrons. The van der Waals surface area contributed by atoms with Gasteiger partial charge in [0.05, 0.1) is 18.9 Å². The average molecular weight is 511 g/mol. The molecule has 1 saturated carbocycles. The van der Waals surface area contributed by atoms with Crippen molar-refractivity contribution in [2.24, 2.45) is 5.92 Å². The molecule has 1 fully saturated rings. The van der Waals surface area contributed by atoms with Crippen molar-refractivity contribution < 1.29 is 24.1 Å². The number of aliphatic hydroxyl groups is 2. The number of aryl methyl sites for hydroxylation is 1. The van der Waals surface area contributed by atoms with E-state index in [0.717, 1.165) is 44.1 Å². The second-order valence-electron chi connectivity index (χ2n) is 10.4. The highest BCUT2D eigenvalue weighted by molar-refractivity contribution is 5.91. The summed E-state index contributed by atoms with van der Waals surface area (Å²) in [5.41, 5.74) is 4.65. The predicted octanol–water partition coefficient (Wildman–Crippen LogP) is 6.07. The Bertz CT molecular complexity index is 1090. The summed E-state index contributed by atoms with van der Waals surface area (Å²) in [6, 6.07) is 11.5. The highest BCUT2D eigenvalue weighted by Crippen LogP contribution is 2.35. The Labute approximate surface area is 218 Å². The number of amides is 2. The van der Waals surface area contributed by atoms with E-state index in [9.17, 15) is 14.3 Å². The van der Waals surface area contributed by atoms with Gasteiger partial charge in [-0.2, -0.15) is 0 Å². The van der Waals surface area contributed by atoms with Crippen LogP contribution in [0.3, 0.4) is 0 Å². The number of anilines is 1. The highest BCUT2D eigenvalue weighted by Gasteiger charge is 2.23. The number of carbonyl (C=O) groups is 1. The summed E-state index contributed by atoms with van der Waals surface area (Å²) in [5.74, 6) is 1.27. The molecule has 0 aliphatic heterocycles. The normalized spacial score (nSPS) is 21.1. The summed E-state index contributed by atoms with van der Waals surface area (Å²) in [5, 5.41) is 24.6. The summed E-state index contributed by atoms with van der Waals surface area (Å²) in [4.78, 5) is 12.6. The number of fused-ring (bicyclic) bond motifs is 1. The van der Waals surface area contributed by atoms with Crippen molar-refractivity contribution in [3.63, 3.8) is 0 Å². The fourth-order valence-corrected chi connectivity index (χ4v) is 5.63. The lowest BCUT2D eigenvalue weighted by atomic mass is 9.82. The number of carbonyl (C=O) groups excluding carboxylic acids is 1. The zero-order valence-electron chi connectivity index (χ0n) is 21.6. The van der Waals surface area contributed by atoms with Crippen molar-refractivity contribution in [1.82, 2.24) is 5.32 Å². The number of benzene rings is 2. The van der Waals surface area contributed by atoms with Gasteiger partial charge in [-0.15, -0.1) is 0 Å². The summed E-state index contributed by atoms with van der Waals surface area (Å²) in [6.07, 6.45) is 9.63. The van der Waals surface area contributed by atoms with Crippen molar-refractivity contribution in [3.8, 4) is 5.75 Å². The maximum absolute atomic E-state index is 13.7. The molecule has 2 aromatic rings. The third kappa shape index (κ3) is 7.33. The standard InChI is InChI=1S/C30H39FN2O4/c1-20-16-25(31)18-23-11-8-22(17-27(20)23)5-2-4-21-9-12-26(13-10-21)32-30(36)33-28-7-3-6-24(19-35)29(28)37-15-14-34/h3,6-8,11,17-18,20-21,26,34-35H,2,4-5,9-10,12-16,19H2,1H3,(H2,32,33,36). The maximum atomic E-state index is 13.7. The highest BCUT2D eigenvalue weighted by atomic mass is 19.1. The first-order chi connectivity index (χ1) is 18.0. The second-order valence-corrected chi connectivity index (χ2v) is 10.4. The lowest BCUT2D eigenvalue weighted by Gasteiger charge is -2.29. The molecule has 0 saturated heterocycles. The Kier molecular flexibility index (Phi) is 9.58. The number of hydrogen-bond donors (Lipinski definition) is 4. The van der Waals surface area contributed by atoms with Crippen molar-refractivity contribution in [1.29, 1.82) is 0 Å². The maximum Gasteiger partial charge on any atom is 0.319 e. The van der Waals surface area contributed by atoms with Gasteiger partial charge in [-0.25, -0.2) is 9.18 Å². The van der Waals surface area contributed by atoms with Gasteiger partial charge in [0.15, 0.2) is 0 Å². The van der Waals surface area contributed by atoms with Gasteiger partial charge in [0.25, 0.3) is 0 Å². The van der Waals surface area contributed by atoms with Crippen LogP contribution in [0.4, 0.5) is 14.9 Å². The zero-order valence-corrected chi connectivity index (χ0v) is 21.6. The largest absolute Gasteiger partial charge is 0.489 e. The van der Waals surface area contributed by atoms with Gasteiger partial charge in [0, 0.05) is 18.0 Å². The Morgan fingerprint density at radius 2 is 1.95 bits per heavy atom. The molecule has 4 N–H and O–H groups in total. The van der Waals surface area contributed by atoms with E-state index in [2.05, 4.69) is 35.8 Å². The van der Waals surface area contributed by atoms with E-state index in [0.29, 0.717) is 29.3 Å². The number of rotatable bonds is 10. The molecular formula is C30H39FN2O4. The number of ether oxygens (including phenoxy) is 1. The van der Waals surface area contributed by atoms with E-state index in [4.69, 9.17) is 9.84 Å². The molecule has 37 heavy (non-hydrogen) atoms. The molecule has 0 bridgehead atoms. The zero-order chi connectivity index (χ0) is 26.2. The predicted molar refractivity (Wildman–Crippen MR) is 144 cm³/mol. The van der Waals surface area contributed by atoms with Crippen LogP contribution in [0.1, 0.15) is 80.0 Å². The van der Waals surface area contributed by atoms with Crippen molar-refractivity contribution in [2.45, 2.75) is 76.9 Å². The van der Waals surface area contributed by atoms with Gasteiger partial charge < -0.3 is 25.6 Å². The first-order valence-corrected chi connectivity index (χ1v) is 13.5. The number of allylic oxidation sites excluding steroid dienone is 1. The van der Waals surface area contributed by atoms with Crippen LogP contribution in [-0.2, 0) is 13.0 Å². The first kappa shape index (κ1) is 27.1. The molecule has 2 aliphatic rings. The number of hydrogen-bond acceptors (Lipinski definition) is 4. The Hall–Kier alpha value is -2.90. The molecule has 0 radical (unpaired) electrons. The minimum absolute atomic E-state index is 0.0250. The SMILES string of the molecule is CC1CC(F)=Cc2ccc(CCCC3CCC(NC(=O)Nc4cccc(CO)c4OCCO)CC3)cc21. The number of halogens is 1. The fraction of sp³-hybridized carbons (Fsp3) is 0.500. The third-order valence-electron chi connectivity index (χ3n) is 7.61. The molecule has 7 heteroatoms. The van der Waals surface area contributed by atoms with Gasteiger partial charge in [-0.3, -0.25) is 0 Å². The topological polar surface area (TPSA) is 90.8 Å². The molecule has 2 aromatic carbocycles. The molecule has 4 rings (SSSR count). The van der Waals surface area contributed by atoms with Crippen molar-refractivity contribution in [2.75, 3.05) is 18.5 Å². The number of aliphatic hydroxyl groups excluding tert-OH is 2. The van der Waals surface area contributed by atoms with Crippen LogP contribution in [0.5, 0.6) is 5.75 Å². The Balaban J connectivity index is 1.20. The van der Waals surface area contributed by atoms with Crippen LogP contribution in [-0.4, -0.2) is 35.5 Å².